The molecular weight excluding hydrogens is 284 g/mol. The van der Waals surface area contributed by atoms with Crippen molar-refractivity contribution >= 4 is 17.3 Å². The Bertz CT molecular complexity index is 697. The van der Waals surface area contributed by atoms with Crippen LogP contribution in [0.5, 0.6) is 0 Å². The molecule has 1 amide bonds. The maximum atomic E-state index is 12.2. The van der Waals surface area contributed by atoms with Crippen LogP contribution in [0.25, 0.3) is 0 Å². The van der Waals surface area contributed by atoms with E-state index in [9.17, 15) is 4.79 Å². The van der Waals surface area contributed by atoms with Crippen LogP contribution >= 0.6 is 0 Å². The van der Waals surface area contributed by atoms with Crippen LogP contribution in [0.15, 0.2) is 30.3 Å². The van der Waals surface area contributed by atoms with Crippen LogP contribution in [0, 0.1) is 34.6 Å². The fourth-order valence-corrected chi connectivity index (χ4v) is 2.75. The fourth-order valence-electron chi connectivity index (χ4n) is 2.75. The Morgan fingerprint density at radius 3 is 2.13 bits per heavy atom. The van der Waals surface area contributed by atoms with Crippen LogP contribution in [-0.2, 0) is 4.79 Å². The van der Waals surface area contributed by atoms with Crippen molar-refractivity contribution in [3.63, 3.8) is 0 Å². The number of anilines is 2. The van der Waals surface area contributed by atoms with Crippen LogP contribution in [0.4, 0.5) is 11.4 Å². The van der Waals surface area contributed by atoms with Gasteiger partial charge in [-0.2, -0.15) is 0 Å². The Labute approximate surface area is 139 Å². The van der Waals surface area contributed by atoms with Crippen molar-refractivity contribution in [1.82, 2.24) is 0 Å². The van der Waals surface area contributed by atoms with E-state index in [-0.39, 0.29) is 5.91 Å². The number of nitrogens with one attached hydrogen (secondary N) is 2. The molecule has 0 spiro atoms. The van der Waals surface area contributed by atoms with Gasteiger partial charge in [0, 0.05) is 24.3 Å². The number of hydrogen-bond donors (Lipinski definition) is 2. The highest BCUT2D eigenvalue weighted by atomic mass is 16.1. The summed E-state index contributed by atoms with van der Waals surface area (Å²) >= 11 is 0. The molecule has 0 atom stereocenters. The van der Waals surface area contributed by atoms with E-state index in [2.05, 4.69) is 61.7 Å². The Balaban J connectivity index is 1.89. The van der Waals surface area contributed by atoms with Gasteiger partial charge < -0.3 is 10.6 Å². The molecule has 3 heteroatoms. The zero-order valence-corrected chi connectivity index (χ0v) is 14.7. The van der Waals surface area contributed by atoms with Crippen LogP contribution in [0.3, 0.4) is 0 Å². The number of hydrogen-bond acceptors (Lipinski definition) is 2. The third kappa shape index (κ3) is 4.59. The first-order valence-corrected chi connectivity index (χ1v) is 8.05. The van der Waals surface area contributed by atoms with Crippen LogP contribution in [-0.4, -0.2) is 12.5 Å². The lowest BCUT2D eigenvalue weighted by Crippen LogP contribution is -2.17. The Morgan fingerprint density at radius 1 is 0.870 bits per heavy atom. The van der Waals surface area contributed by atoms with Gasteiger partial charge in [-0.25, -0.2) is 0 Å². The number of benzene rings is 2. The van der Waals surface area contributed by atoms with Crippen molar-refractivity contribution in [2.75, 3.05) is 17.2 Å². The Morgan fingerprint density at radius 2 is 1.52 bits per heavy atom. The predicted octanol–water partition coefficient (Wildman–Crippen LogP) is 4.67. The lowest BCUT2D eigenvalue weighted by molar-refractivity contribution is -0.115. The topological polar surface area (TPSA) is 41.1 Å². The van der Waals surface area contributed by atoms with Gasteiger partial charge in [-0.1, -0.05) is 23.8 Å². The molecule has 0 aliphatic carbocycles. The van der Waals surface area contributed by atoms with E-state index in [1.165, 1.54) is 16.7 Å². The van der Waals surface area contributed by atoms with Crippen LogP contribution in [0.1, 0.15) is 34.2 Å². The van der Waals surface area contributed by atoms with E-state index in [1.54, 1.807) is 0 Å². The minimum absolute atomic E-state index is 0.0383. The summed E-state index contributed by atoms with van der Waals surface area (Å²) in [6.45, 7) is 10.9. The minimum atomic E-state index is 0.0383. The molecule has 2 N–H and O–H groups in total. The predicted molar refractivity (Wildman–Crippen MR) is 98.3 cm³/mol. The van der Waals surface area contributed by atoms with Crippen molar-refractivity contribution in [1.29, 1.82) is 0 Å². The number of amides is 1. The van der Waals surface area contributed by atoms with Gasteiger partial charge in [0.05, 0.1) is 0 Å². The Kier molecular flexibility index (Phi) is 5.43. The van der Waals surface area contributed by atoms with Crippen molar-refractivity contribution in [3.8, 4) is 0 Å². The van der Waals surface area contributed by atoms with Crippen molar-refractivity contribution in [3.05, 3.63) is 58.1 Å². The molecule has 2 rings (SSSR count). The summed E-state index contributed by atoms with van der Waals surface area (Å²) in [5.41, 5.74) is 7.96. The van der Waals surface area contributed by atoms with E-state index >= 15 is 0 Å². The minimum Gasteiger partial charge on any atom is -0.385 e. The van der Waals surface area contributed by atoms with Crippen LogP contribution < -0.4 is 10.6 Å². The molecule has 2 aromatic carbocycles. The molecule has 0 bridgehead atoms. The zero-order chi connectivity index (χ0) is 17.0. The molecule has 0 aromatic heterocycles. The average molecular weight is 310 g/mol. The highest BCUT2D eigenvalue weighted by Crippen LogP contribution is 2.22. The van der Waals surface area contributed by atoms with Gasteiger partial charge in [0.15, 0.2) is 0 Å². The molecule has 0 radical (unpaired) electrons. The summed E-state index contributed by atoms with van der Waals surface area (Å²) in [5.74, 6) is 0.0383. The lowest BCUT2D eigenvalue weighted by atomic mass is 10.1. The van der Waals surface area contributed by atoms with Gasteiger partial charge in [0.25, 0.3) is 0 Å². The molecule has 2 aromatic rings. The van der Waals surface area contributed by atoms with E-state index < -0.39 is 0 Å². The van der Waals surface area contributed by atoms with Crippen molar-refractivity contribution < 1.29 is 4.79 Å². The highest BCUT2D eigenvalue weighted by Gasteiger charge is 2.08. The summed E-state index contributed by atoms with van der Waals surface area (Å²) in [6.07, 6.45) is 0.444. The lowest BCUT2D eigenvalue weighted by Gasteiger charge is -2.13. The van der Waals surface area contributed by atoms with Gasteiger partial charge in [0.1, 0.15) is 0 Å². The summed E-state index contributed by atoms with van der Waals surface area (Å²) in [7, 11) is 0. The summed E-state index contributed by atoms with van der Waals surface area (Å²) < 4.78 is 0. The molecule has 0 aliphatic heterocycles. The van der Waals surface area contributed by atoms with Crippen LogP contribution in [0.2, 0.25) is 0 Å². The Hall–Kier alpha value is -2.29. The first-order chi connectivity index (χ1) is 10.9. The van der Waals surface area contributed by atoms with Crippen molar-refractivity contribution in [2.45, 2.75) is 41.0 Å². The third-order valence-electron chi connectivity index (χ3n) is 4.13. The van der Waals surface area contributed by atoms with Gasteiger partial charge in [-0.3, -0.25) is 4.79 Å². The fraction of sp³-hybridized carbons (Fsp3) is 0.350. The van der Waals surface area contributed by atoms with Gasteiger partial charge in [-0.05, 0) is 69.0 Å². The second-order valence-electron chi connectivity index (χ2n) is 6.30. The third-order valence-corrected chi connectivity index (χ3v) is 4.13. The molecule has 3 nitrogen and oxygen atoms in total. The molecule has 0 saturated heterocycles. The monoisotopic (exact) mass is 310 g/mol. The summed E-state index contributed by atoms with van der Waals surface area (Å²) in [4.78, 5) is 12.2. The molecule has 0 saturated carbocycles. The molecule has 0 aliphatic rings. The second kappa shape index (κ2) is 7.32. The molecule has 23 heavy (non-hydrogen) atoms. The van der Waals surface area contributed by atoms with Crippen molar-refractivity contribution in [2.24, 2.45) is 0 Å². The summed E-state index contributed by atoms with van der Waals surface area (Å²) in [5, 5.41) is 6.34. The summed E-state index contributed by atoms with van der Waals surface area (Å²) in [6, 6.07) is 10.4. The number of aryl methyl sites for hydroxylation is 5. The molecule has 0 unspecified atom stereocenters. The molecule has 0 heterocycles. The maximum Gasteiger partial charge on any atom is 0.226 e. The van der Waals surface area contributed by atoms with Gasteiger partial charge in [0.2, 0.25) is 5.91 Å². The molecule has 122 valence electrons. The highest BCUT2D eigenvalue weighted by molar-refractivity contribution is 5.92. The van der Waals surface area contributed by atoms with E-state index in [0.29, 0.717) is 13.0 Å². The van der Waals surface area contributed by atoms with E-state index in [1.807, 2.05) is 13.8 Å². The SMILES string of the molecule is Cc1cc(C)c(NC(=O)CCNc2ccc(C)c(C)c2)c(C)c1. The number of carbonyl (C=O) groups excluding carboxylic acids is 1. The van der Waals surface area contributed by atoms with E-state index in [0.717, 1.165) is 22.5 Å². The molecular formula is C20H26N2O. The first-order valence-electron chi connectivity index (χ1n) is 8.05. The van der Waals surface area contributed by atoms with E-state index in [4.69, 9.17) is 0 Å². The second-order valence-corrected chi connectivity index (χ2v) is 6.30. The van der Waals surface area contributed by atoms with Gasteiger partial charge >= 0.3 is 0 Å². The largest absolute Gasteiger partial charge is 0.385 e. The quantitative estimate of drug-likeness (QED) is 0.842. The molecule has 0 fully saturated rings. The number of rotatable bonds is 5. The first kappa shape index (κ1) is 17.1. The van der Waals surface area contributed by atoms with Gasteiger partial charge in [-0.15, -0.1) is 0 Å². The zero-order valence-electron chi connectivity index (χ0n) is 14.7. The average Bonchev–Trinajstić information content (AvgIpc) is 2.46. The standard InChI is InChI=1S/C20H26N2O/c1-13-10-16(4)20(17(5)11-13)22-19(23)8-9-21-18-7-6-14(2)15(3)12-18/h6-7,10-12,21H,8-9H2,1-5H3,(H,22,23). The maximum absolute atomic E-state index is 12.2. The number of carbonyl (C=O) groups is 1. The smallest absolute Gasteiger partial charge is 0.226 e. The normalized spacial score (nSPS) is 10.5.